The van der Waals surface area contributed by atoms with Crippen molar-refractivity contribution in [1.82, 2.24) is 5.43 Å². The number of fused-ring (bicyclic) bond motifs is 1. The lowest BCUT2D eigenvalue weighted by Crippen LogP contribution is -2.31. The molecule has 3 heteroatoms. The fraction of sp³-hybridized carbons (Fsp3) is 0.600. The summed E-state index contributed by atoms with van der Waals surface area (Å²) in [5.74, 6) is 9.25. The molecule has 3 atom stereocenters. The highest BCUT2D eigenvalue weighted by atomic mass is 16.5. The maximum absolute atomic E-state index is 5.82. The second kappa shape index (κ2) is 4.56. The van der Waals surface area contributed by atoms with Gasteiger partial charge >= 0.3 is 0 Å². The lowest BCUT2D eigenvalue weighted by molar-refractivity contribution is 0.377. The molecule has 3 nitrogen and oxygen atoms in total. The Balaban J connectivity index is 1.89. The van der Waals surface area contributed by atoms with Crippen LogP contribution in [0.25, 0.3) is 0 Å². The van der Waals surface area contributed by atoms with Gasteiger partial charge in [0.2, 0.25) is 0 Å². The van der Waals surface area contributed by atoms with Crippen molar-refractivity contribution in [2.75, 3.05) is 7.11 Å². The van der Waals surface area contributed by atoms with Crippen molar-refractivity contribution in [2.45, 2.75) is 32.2 Å². The zero-order valence-electron chi connectivity index (χ0n) is 11.1. The van der Waals surface area contributed by atoms with E-state index in [1.807, 2.05) is 6.07 Å². The third-order valence-corrected chi connectivity index (χ3v) is 4.76. The third kappa shape index (κ3) is 1.82. The van der Waals surface area contributed by atoms with Gasteiger partial charge in [-0.15, -0.1) is 0 Å². The van der Waals surface area contributed by atoms with E-state index in [1.54, 1.807) is 7.11 Å². The molecule has 0 aliphatic heterocycles. The molecule has 2 aliphatic rings. The summed E-state index contributed by atoms with van der Waals surface area (Å²) in [6.07, 6.45) is 4.15. The Labute approximate surface area is 109 Å². The van der Waals surface area contributed by atoms with Crippen LogP contribution < -0.4 is 16.0 Å². The van der Waals surface area contributed by atoms with E-state index < -0.39 is 0 Å². The molecule has 0 bridgehead atoms. The zero-order valence-corrected chi connectivity index (χ0v) is 11.1. The molecule has 2 saturated carbocycles. The highest BCUT2D eigenvalue weighted by Crippen LogP contribution is 2.62. The maximum Gasteiger partial charge on any atom is 0.123 e. The van der Waals surface area contributed by atoms with Gasteiger partial charge in [0.25, 0.3) is 0 Å². The molecule has 3 unspecified atom stereocenters. The predicted octanol–water partition coefficient (Wildman–Crippen LogP) is 2.55. The minimum Gasteiger partial charge on any atom is -0.496 e. The standard InChI is InChI=1S/C15H22N2O/c1-9-6-7-13(18-2)12(8-9)15(17-16)14-10-4-3-5-11(10)14/h6-8,10-11,14-15,17H,3-5,16H2,1-2H3. The van der Waals surface area contributed by atoms with E-state index in [2.05, 4.69) is 24.5 Å². The molecule has 0 aromatic heterocycles. The number of hydrazine groups is 1. The van der Waals surface area contributed by atoms with E-state index >= 15 is 0 Å². The Hall–Kier alpha value is -1.06. The van der Waals surface area contributed by atoms with Gasteiger partial charge in [-0.2, -0.15) is 0 Å². The lowest BCUT2D eigenvalue weighted by Gasteiger charge is -2.21. The maximum atomic E-state index is 5.82. The molecule has 0 spiro atoms. The second-order valence-corrected chi connectivity index (χ2v) is 5.73. The van der Waals surface area contributed by atoms with Gasteiger partial charge in [0.1, 0.15) is 5.75 Å². The summed E-state index contributed by atoms with van der Waals surface area (Å²) >= 11 is 0. The van der Waals surface area contributed by atoms with Gasteiger partial charge < -0.3 is 4.74 Å². The Morgan fingerprint density at radius 2 is 2.06 bits per heavy atom. The fourth-order valence-electron chi connectivity index (χ4n) is 3.88. The average molecular weight is 246 g/mol. The molecule has 0 amide bonds. The van der Waals surface area contributed by atoms with Crippen LogP contribution in [0.3, 0.4) is 0 Å². The number of hydrogen-bond acceptors (Lipinski definition) is 3. The number of nitrogens with one attached hydrogen (secondary N) is 1. The molecule has 0 radical (unpaired) electrons. The summed E-state index contributed by atoms with van der Waals surface area (Å²) in [5, 5.41) is 0. The Morgan fingerprint density at radius 3 is 2.67 bits per heavy atom. The van der Waals surface area contributed by atoms with E-state index in [4.69, 9.17) is 10.6 Å². The van der Waals surface area contributed by atoms with Crippen molar-refractivity contribution in [1.29, 1.82) is 0 Å². The normalized spacial score (nSPS) is 30.9. The number of nitrogens with two attached hydrogens (primary N) is 1. The van der Waals surface area contributed by atoms with Crippen molar-refractivity contribution in [3.63, 3.8) is 0 Å². The van der Waals surface area contributed by atoms with Crippen molar-refractivity contribution in [2.24, 2.45) is 23.6 Å². The van der Waals surface area contributed by atoms with Gasteiger partial charge in [-0.05, 0) is 43.6 Å². The number of hydrogen-bond donors (Lipinski definition) is 2. The minimum absolute atomic E-state index is 0.246. The molecule has 1 aromatic rings. The molecule has 18 heavy (non-hydrogen) atoms. The van der Waals surface area contributed by atoms with Gasteiger partial charge in [0, 0.05) is 5.56 Å². The first-order chi connectivity index (χ1) is 8.76. The molecule has 2 fully saturated rings. The molecule has 1 aromatic carbocycles. The largest absolute Gasteiger partial charge is 0.496 e. The number of rotatable bonds is 4. The predicted molar refractivity (Wildman–Crippen MR) is 72.1 cm³/mol. The van der Waals surface area contributed by atoms with Gasteiger partial charge in [-0.25, -0.2) is 0 Å². The number of benzene rings is 1. The van der Waals surface area contributed by atoms with Crippen LogP contribution in [-0.2, 0) is 0 Å². The molecule has 2 aliphatic carbocycles. The van der Waals surface area contributed by atoms with E-state index in [-0.39, 0.29) is 6.04 Å². The summed E-state index contributed by atoms with van der Waals surface area (Å²) < 4.78 is 5.49. The number of methoxy groups -OCH3 is 1. The summed E-state index contributed by atoms with van der Waals surface area (Å²) in [4.78, 5) is 0. The molecule has 3 rings (SSSR count). The first-order valence-electron chi connectivity index (χ1n) is 6.87. The molecular weight excluding hydrogens is 224 g/mol. The van der Waals surface area contributed by atoms with Crippen LogP contribution in [0.15, 0.2) is 18.2 Å². The summed E-state index contributed by atoms with van der Waals surface area (Å²) in [5.41, 5.74) is 5.51. The first-order valence-corrected chi connectivity index (χ1v) is 6.87. The highest BCUT2D eigenvalue weighted by Gasteiger charge is 2.56. The van der Waals surface area contributed by atoms with Gasteiger partial charge in [0.05, 0.1) is 13.2 Å². The van der Waals surface area contributed by atoms with Crippen LogP contribution in [0.5, 0.6) is 5.75 Å². The van der Waals surface area contributed by atoms with Crippen LogP contribution in [0.4, 0.5) is 0 Å². The first kappa shape index (κ1) is 12.0. The molecular formula is C15H22N2O. The zero-order chi connectivity index (χ0) is 12.7. The minimum atomic E-state index is 0.246. The Bertz CT molecular complexity index is 436. The van der Waals surface area contributed by atoms with Crippen molar-refractivity contribution in [3.05, 3.63) is 29.3 Å². The summed E-state index contributed by atoms with van der Waals surface area (Å²) in [6, 6.07) is 6.59. The second-order valence-electron chi connectivity index (χ2n) is 5.73. The van der Waals surface area contributed by atoms with E-state index in [0.717, 1.165) is 17.6 Å². The number of aryl methyl sites for hydroxylation is 1. The van der Waals surface area contributed by atoms with Crippen molar-refractivity contribution < 1.29 is 4.74 Å². The van der Waals surface area contributed by atoms with Crippen molar-refractivity contribution >= 4 is 0 Å². The van der Waals surface area contributed by atoms with Crippen LogP contribution in [0.1, 0.15) is 36.4 Å². The highest BCUT2D eigenvalue weighted by molar-refractivity contribution is 5.40. The monoisotopic (exact) mass is 246 g/mol. The van der Waals surface area contributed by atoms with Crippen LogP contribution in [0.2, 0.25) is 0 Å². The third-order valence-electron chi connectivity index (χ3n) is 4.76. The van der Waals surface area contributed by atoms with E-state index in [9.17, 15) is 0 Å². The van der Waals surface area contributed by atoms with E-state index in [0.29, 0.717) is 5.92 Å². The molecule has 98 valence electrons. The summed E-state index contributed by atoms with van der Waals surface area (Å²) in [6.45, 7) is 2.12. The number of ether oxygens (including phenoxy) is 1. The van der Waals surface area contributed by atoms with Crippen LogP contribution >= 0.6 is 0 Å². The van der Waals surface area contributed by atoms with E-state index in [1.165, 1.54) is 30.4 Å². The summed E-state index contributed by atoms with van der Waals surface area (Å²) in [7, 11) is 1.73. The van der Waals surface area contributed by atoms with Crippen molar-refractivity contribution in [3.8, 4) is 5.75 Å². The van der Waals surface area contributed by atoms with Gasteiger partial charge in [-0.1, -0.05) is 24.1 Å². The topological polar surface area (TPSA) is 47.3 Å². The average Bonchev–Trinajstić information content (AvgIpc) is 2.85. The van der Waals surface area contributed by atoms with Crippen LogP contribution in [0, 0.1) is 24.7 Å². The van der Waals surface area contributed by atoms with Gasteiger partial charge in [0.15, 0.2) is 0 Å². The quantitative estimate of drug-likeness (QED) is 0.634. The van der Waals surface area contributed by atoms with Gasteiger partial charge in [-0.3, -0.25) is 11.3 Å². The fourth-order valence-corrected chi connectivity index (χ4v) is 3.88. The van der Waals surface area contributed by atoms with Crippen LogP contribution in [-0.4, -0.2) is 7.11 Å². The Morgan fingerprint density at radius 1 is 1.33 bits per heavy atom. The molecule has 0 heterocycles. The molecule has 3 N–H and O–H groups in total. The molecule has 0 saturated heterocycles. The Kier molecular flexibility index (Phi) is 3.04. The smallest absolute Gasteiger partial charge is 0.123 e. The SMILES string of the molecule is COc1ccc(C)cc1C(NN)C1C2CCCC21. The lowest BCUT2D eigenvalue weighted by atomic mass is 9.95.